The number of carbonyl (C=O) groups excluding carboxylic acids is 1. The van der Waals surface area contributed by atoms with Gasteiger partial charge in [0.05, 0.1) is 26.3 Å². The molecule has 184 valence electrons. The summed E-state index contributed by atoms with van der Waals surface area (Å²) in [6.07, 6.45) is 8.66. The molecule has 1 aromatic heterocycles. The maximum Gasteiger partial charge on any atom is 0.225 e. The predicted molar refractivity (Wildman–Crippen MR) is 134 cm³/mol. The van der Waals surface area contributed by atoms with E-state index in [1.165, 1.54) is 24.1 Å². The van der Waals surface area contributed by atoms with Gasteiger partial charge in [-0.05, 0) is 69.1 Å². The number of hydrogen-bond acceptors (Lipinski definition) is 7. The summed E-state index contributed by atoms with van der Waals surface area (Å²) in [4.78, 5) is 24.4. The Kier molecular flexibility index (Phi) is 7.75. The van der Waals surface area contributed by atoms with Crippen LogP contribution in [0.3, 0.4) is 0 Å². The molecule has 8 heteroatoms. The van der Waals surface area contributed by atoms with Crippen molar-refractivity contribution < 1.29 is 14.3 Å². The molecule has 0 aliphatic heterocycles. The molecule has 1 heterocycles. The third kappa shape index (κ3) is 5.90. The van der Waals surface area contributed by atoms with Gasteiger partial charge < -0.3 is 25.0 Å². The van der Waals surface area contributed by atoms with Crippen LogP contribution in [0.25, 0.3) is 0 Å². The number of nitrogens with zero attached hydrogens (tertiary/aromatic N) is 3. The zero-order valence-electron chi connectivity index (χ0n) is 20.8. The topological polar surface area (TPSA) is 88.6 Å². The number of anilines is 2. The first-order valence-electron chi connectivity index (χ1n) is 12.3. The second kappa shape index (κ2) is 10.9. The van der Waals surface area contributed by atoms with Gasteiger partial charge in [0.1, 0.15) is 17.3 Å². The number of nitrogens with one attached hydrogen (secondary N) is 2. The Morgan fingerprint density at radius 1 is 0.971 bits per heavy atom. The van der Waals surface area contributed by atoms with Crippen molar-refractivity contribution in [2.24, 2.45) is 0 Å². The third-order valence-corrected chi connectivity index (χ3v) is 6.79. The van der Waals surface area contributed by atoms with E-state index in [0.29, 0.717) is 24.0 Å². The summed E-state index contributed by atoms with van der Waals surface area (Å²) in [5, 5.41) is 6.78. The summed E-state index contributed by atoms with van der Waals surface area (Å²) < 4.78 is 10.6. The molecular weight excluding hydrogens is 430 g/mol. The van der Waals surface area contributed by atoms with E-state index in [2.05, 4.69) is 29.6 Å². The lowest BCUT2D eigenvalue weighted by atomic mass is 9.91. The van der Waals surface area contributed by atoms with Crippen LogP contribution in [-0.4, -0.2) is 56.3 Å². The molecule has 1 amide bonds. The highest BCUT2D eigenvalue weighted by Gasteiger charge is 2.25. The molecule has 0 atom stereocenters. The van der Waals surface area contributed by atoms with E-state index < -0.39 is 0 Å². The number of amides is 1. The molecule has 0 spiro atoms. The summed E-state index contributed by atoms with van der Waals surface area (Å²) in [5.41, 5.74) is 3.38. The third-order valence-electron chi connectivity index (χ3n) is 6.79. The highest BCUT2D eigenvalue weighted by atomic mass is 16.5. The van der Waals surface area contributed by atoms with Gasteiger partial charge in [0, 0.05) is 37.8 Å². The van der Waals surface area contributed by atoms with E-state index in [-0.39, 0.29) is 11.9 Å². The molecule has 34 heavy (non-hydrogen) atoms. The van der Waals surface area contributed by atoms with E-state index in [4.69, 9.17) is 19.4 Å². The number of fused-ring (bicyclic) bond motifs is 1. The van der Waals surface area contributed by atoms with E-state index in [1.54, 1.807) is 14.2 Å². The number of aromatic nitrogens is 2. The van der Waals surface area contributed by atoms with Gasteiger partial charge in [-0.3, -0.25) is 4.79 Å². The Labute approximate surface area is 202 Å². The minimum absolute atomic E-state index is 0.0281. The Hall–Kier alpha value is -3.03. The molecule has 1 fully saturated rings. The molecule has 0 radical (unpaired) electrons. The van der Waals surface area contributed by atoms with Crippen molar-refractivity contribution in [2.75, 3.05) is 38.5 Å². The fourth-order valence-corrected chi connectivity index (χ4v) is 5.01. The lowest BCUT2D eigenvalue weighted by molar-refractivity contribution is -0.121. The molecule has 2 aliphatic rings. The highest BCUT2D eigenvalue weighted by Crippen LogP contribution is 2.29. The molecular formula is C26H37N5O3. The lowest BCUT2D eigenvalue weighted by Crippen LogP contribution is -2.41. The summed E-state index contributed by atoms with van der Waals surface area (Å²) in [6.45, 7) is 0. The average Bonchev–Trinajstić information content (AvgIpc) is 2.84. The molecule has 0 bridgehead atoms. The maximum absolute atomic E-state index is 12.7. The molecule has 2 aliphatic carbocycles. The van der Waals surface area contributed by atoms with Gasteiger partial charge in [-0.15, -0.1) is 0 Å². The van der Waals surface area contributed by atoms with Crippen molar-refractivity contribution in [1.29, 1.82) is 0 Å². The molecule has 2 N–H and O–H groups in total. The van der Waals surface area contributed by atoms with Gasteiger partial charge in [0.2, 0.25) is 11.9 Å². The quantitative estimate of drug-likeness (QED) is 0.614. The van der Waals surface area contributed by atoms with Gasteiger partial charge in [0.15, 0.2) is 0 Å². The molecule has 0 unspecified atom stereocenters. The predicted octanol–water partition coefficient (Wildman–Crippen LogP) is 3.52. The Morgan fingerprint density at radius 2 is 1.62 bits per heavy atom. The van der Waals surface area contributed by atoms with Crippen molar-refractivity contribution in [1.82, 2.24) is 15.3 Å². The fourth-order valence-electron chi connectivity index (χ4n) is 5.01. The van der Waals surface area contributed by atoms with Crippen LogP contribution in [0.5, 0.6) is 11.5 Å². The van der Waals surface area contributed by atoms with Crippen molar-refractivity contribution >= 4 is 17.7 Å². The summed E-state index contributed by atoms with van der Waals surface area (Å²) in [5.74, 6) is 3.19. The van der Waals surface area contributed by atoms with Crippen LogP contribution < -0.4 is 25.0 Å². The van der Waals surface area contributed by atoms with Crippen molar-refractivity contribution in [3.8, 4) is 11.5 Å². The number of hydrogen-bond donors (Lipinski definition) is 2. The van der Waals surface area contributed by atoms with Crippen LogP contribution in [0.4, 0.5) is 11.8 Å². The van der Waals surface area contributed by atoms with E-state index in [1.807, 2.05) is 18.2 Å². The minimum atomic E-state index is 0.0281. The van der Waals surface area contributed by atoms with Gasteiger partial charge in [-0.25, -0.2) is 4.98 Å². The van der Waals surface area contributed by atoms with Crippen LogP contribution in [0.2, 0.25) is 0 Å². The van der Waals surface area contributed by atoms with E-state index in [9.17, 15) is 4.79 Å². The number of carbonyl (C=O) groups is 1. The number of aryl methyl sites for hydroxylation is 1. The SMILES string of the molecule is COc1cc(CC(=O)NC2CCC(Nc3nc4c(c(N(C)C)n3)CCCC4)CC2)cc(OC)c1. The fraction of sp³-hybridized carbons (Fsp3) is 0.577. The first kappa shape index (κ1) is 24.1. The zero-order valence-corrected chi connectivity index (χ0v) is 20.8. The van der Waals surface area contributed by atoms with Gasteiger partial charge in [-0.2, -0.15) is 4.98 Å². The van der Waals surface area contributed by atoms with Crippen LogP contribution in [0.1, 0.15) is 55.3 Å². The number of rotatable bonds is 8. The van der Waals surface area contributed by atoms with Crippen LogP contribution in [0.15, 0.2) is 18.2 Å². The van der Waals surface area contributed by atoms with Crippen LogP contribution in [-0.2, 0) is 24.1 Å². The van der Waals surface area contributed by atoms with Gasteiger partial charge in [0.25, 0.3) is 0 Å². The molecule has 1 saturated carbocycles. The normalized spacial score (nSPS) is 19.6. The second-order valence-electron chi connectivity index (χ2n) is 9.56. The van der Waals surface area contributed by atoms with Crippen LogP contribution >= 0.6 is 0 Å². The summed E-state index contributed by atoms with van der Waals surface area (Å²) in [6, 6.07) is 6.09. The van der Waals surface area contributed by atoms with E-state index >= 15 is 0 Å². The number of benzene rings is 1. The first-order valence-corrected chi connectivity index (χ1v) is 12.3. The largest absolute Gasteiger partial charge is 0.497 e. The van der Waals surface area contributed by atoms with Gasteiger partial charge in [-0.1, -0.05) is 0 Å². The number of ether oxygens (including phenoxy) is 2. The monoisotopic (exact) mass is 467 g/mol. The summed E-state index contributed by atoms with van der Waals surface area (Å²) in [7, 11) is 7.33. The molecule has 1 aromatic carbocycles. The minimum Gasteiger partial charge on any atom is -0.497 e. The van der Waals surface area contributed by atoms with Crippen molar-refractivity contribution in [3.63, 3.8) is 0 Å². The molecule has 0 saturated heterocycles. The first-order chi connectivity index (χ1) is 16.4. The lowest BCUT2D eigenvalue weighted by Gasteiger charge is -2.30. The average molecular weight is 468 g/mol. The Morgan fingerprint density at radius 3 is 2.26 bits per heavy atom. The van der Waals surface area contributed by atoms with E-state index in [0.717, 1.165) is 55.9 Å². The second-order valence-corrected chi connectivity index (χ2v) is 9.56. The highest BCUT2D eigenvalue weighted by molar-refractivity contribution is 5.79. The number of methoxy groups -OCH3 is 2. The maximum atomic E-state index is 12.7. The van der Waals surface area contributed by atoms with Crippen LogP contribution in [0, 0.1) is 0 Å². The molecule has 8 nitrogen and oxygen atoms in total. The Bertz CT molecular complexity index is 980. The van der Waals surface area contributed by atoms with Crippen molar-refractivity contribution in [3.05, 3.63) is 35.0 Å². The Balaban J connectivity index is 1.30. The van der Waals surface area contributed by atoms with Crippen molar-refractivity contribution in [2.45, 2.75) is 69.9 Å². The smallest absolute Gasteiger partial charge is 0.225 e. The summed E-state index contributed by atoms with van der Waals surface area (Å²) >= 11 is 0. The molecule has 4 rings (SSSR count). The van der Waals surface area contributed by atoms with Gasteiger partial charge >= 0.3 is 0 Å². The zero-order chi connectivity index (χ0) is 24.1. The standard InChI is InChI=1S/C26H37N5O3/c1-31(2)25-22-7-5-6-8-23(22)29-26(30-25)28-19-11-9-18(10-12-19)27-24(32)15-17-13-20(33-3)16-21(14-17)34-4/h13-14,16,18-19H,5-12,15H2,1-4H3,(H,27,32)(H,28,29,30). The molecule has 2 aromatic rings.